The van der Waals surface area contributed by atoms with E-state index >= 15 is 0 Å². The van der Waals surface area contributed by atoms with Gasteiger partial charge in [-0.15, -0.1) is 0 Å². The van der Waals surface area contributed by atoms with Gasteiger partial charge in [0.05, 0.1) is 12.8 Å². The number of nitrogens with one attached hydrogen (secondary N) is 1. The van der Waals surface area contributed by atoms with Gasteiger partial charge in [0.1, 0.15) is 17.2 Å². The molecule has 1 unspecified atom stereocenters. The third-order valence-electron chi connectivity index (χ3n) is 4.37. The molecule has 0 radical (unpaired) electrons. The van der Waals surface area contributed by atoms with Crippen LogP contribution in [0.3, 0.4) is 0 Å². The Morgan fingerprint density at radius 3 is 2.55 bits per heavy atom. The van der Waals surface area contributed by atoms with Gasteiger partial charge < -0.3 is 19.6 Å². The minimum absolute atomic E-state index is 0.285. The smallest absolute Gasteiger partial charge is 0.268 e. The molecule has 0 fully saturated rings. The van der Waals surface area contributed by atoms with Crippen molar-refractivity contribution in [2.24, 2.45) is 5.16 Å². The number of nitrogens with zero attached hydrogens (tertiary/aromatic N) is 2. The Hall–Kier alpha value is -3.87. The predicted octanol–water partition coefficient (Wildman–Crippen LogP) is 4.01. The molecule has 7 heteroatoms. The number of methoxy groups -OCH3 is 1. The number of pyridine rings is 1. The van der Waals surface area contributed by atoms with E-state index in [1.54, 1.807) is 49.7 Å². The van der Waals surface area contributed by atoms with Gasteiger partial charge >= 0.3 is 0 Å². The van der Waals surface area contributed by atoms with Crippen molar-refractivity contribution in [2.75, 3.05) is 12.4 Å². The first-order valence-corrected chi connectivity index (χ1v) is 9.09. The number of rotatable bonds is 6. The average Bonchev–Trinajstić information content (AvgIpc) is 3.27. The molecule has 1 aliphatic heterocycles. The summed E-state index contributed by atoms with van der Waals surface area (Å²) in [4.78, 5) is 22.2. The van der Waals surface area contributed by atoms with Crippen molar-refractivity contribution in [1.82, 2.24) is 4.98 Å². The van der Waals surface area contributed by atoms with Gasteiger partial charge in [-0.2, -0.15) is 0 Å². The molecule has 4 rings (SSSR count). The average molecular weight is 389 g/mol. The molecule has 0 saturated carbocycles. The Balaban J connectivity index is 1.42. The lowest BCUT2D eigenvalue weighted by Gasteiger charge is -2.13. The van der Waals surface area contributed by atoms with Gasteiger partial charge in [-0.1, -0.05) is 35.5 Å². The fourth-order valence-electron chi connectivity index (χ4n) is 2.85. The van der Waals surface area contributed by atoms with E-state index in [2.05, 4.69) is 15.5 Å². The Kier molecular flexibility index (Phi) is 5.38. The topological polar surface area (TPSA) is 82.0 Å². The lowest BCUT2D eigenvalue weighted by molar-refractivity contribution is -0.125. The maximum Gasteiger partial charge on any atom is 0.268 e. The third-order valence-corrected chi connectivity index (χ3v) is 4.37. The number of amides is 1. The van der Waals surface area contributed by atoms with Crippen LogP contribution in [-0.4, -0.2) is 29.8 Å². The molecule has 1 aromatic heterocycles. The van der Waals surface area contributed by atoms with Gasteiger partial charge in [-0.25, -0.2) is 4.98 Å². The van der Waals surface area contributed by atoms with Crippen molar-refractivity contribution in [3.63, 3.8) is 0 Å². The molecule has 2 aromatic carbocycles. The van der Waals surface area contributed by atoms with E-state index in [1.807, 2.05) is 30.3 Å². The molecule has 146 valence electrons. The molecule has 0 aliphatic carbocycles. The van der Waals surface area contributed by atoms with Crippen LogP contribution in [0.4, 0.5) is 5.69 Å². The minimum Gasteiger partial charge on any atom is -0.497 e. The molecule has 0 spiro atoms. The van der Waals surface area contributed by atoms with Crippen LogP contribution in [0.5, 0.6) is 17.4 Å². The summed E-state index contributed by atoms with van der Waals surface area (Å²) < 4.78 is 11.0. The maximum absolute atomic E-state index is 12.7. The summed E-state index contributed by atoms with van der Waals surface area (Å²) in [5.41, 5.74) is 2.13. The van der Waals surface area contributed by atoms with E-state index in [0.717, 1.165) is 17.0 Å². The van der Waals surface area contributed by atoms with E-state index in [1.165, 1.54) is 0 Å². The fraction of sp³-hybridized carbons (Fsp3) is 0.136. The van der Waals surface area contributed by atoms with Crippen LogP contribution < -0.4 is 14.8 Å². The second kappa shape index (κ2) is 8.43. The van der Waals surface area contributed by atoms with Crippen molar-refractivity contribution in [2.45, 2.75) is 12.5 Å². The minimum atomic E-state index is -0.709. The van der Waals surface area contributed by atoms with E-state index < -0.39 is 6.10 Å². The number of carbonyl (C=O) groups is 1. The van der Waals surface area contributed by atoms with Crippen LogP contribution in [0.25, 0.3) is 0 Å². The summed E-state index contributed by atoms with van der Waals surface area (Å²) in [5.74, 6) is 1.27. The summed E-state index contributed by atoms with van der Waals surface area (Å²) in [5, 5.41) is 6.87. The molecule has 7 nitrogen and oxygen atoms in total. The third kappa shape index (κ3) is 4.35. The summed E-state index contributed by atoms with van der Waals surface area (Å²) in [6.45, 7) is 0. The normalized spacial score (nSPS) is 15.2. The SMILES string of the molecule is COc1ccc(Oc2ncccc2NC(=O)C2CC(c3ccccc3)=NO2)cc1. The van der Waals surface area contributed by atoms with E-state index in [0.29, 0.717) is 17.9 Å². The first kappa shape index (κ1) is 18.5. The molecular formula is C22H19N3O4. The molecule has 1 N–H and O–H groups in total. The van der Waals surface area contributed by atoms with Crippen molar-refractivity contribution in [3.8, 4) is 17.4 Å². The molecule has 29 heavy (non-hydrogen) atoms. The summed E-state index contributed by atoms with van der Waals surface area (Å²) >= 11 is 0. The lowest BCUT2D eigenvalue weighted by atomic mass is 10.0. The molecule has 0 bridgehead atoms. The zero-order chi connectivity index (χ0) is 20.1. The molecule has 1 amide bonds. The van der Waals surface area contributed by atoms with Gasteiger partial charge in [-0.3, -0.25) is 4.79 Å². The Morgan fingerprint density at radius 1 is 1.03 bits per heavy atom. The molecule has 1 atom stereocenters. The molecule has 3 aromatic rings. The van der Waals surface area contributed by atoms with Gasteiger partial charge in [0.25, 0.3) is 5.91 Å². The number of benzene rings is 2. The predicted molar refractivity (Wildman–Crippen MR) is 108 cm³/mol. The van der Waals surface area contributed by atoms with Crippen molar-refractivity contribution in [3.05, 3.63) is 78.5 Å². The number of carbonyl (C=O) groups excluding carboxylic acids is 1. The quantitative estimate of drug-likeness (QED) is 0.689. The van der Waals surface area contributed by atoms with Crippen LogP contribution in [-0.2, 0) is 9.63 Å². The highest BCUT2D eigenvalue weighted by Crippen LogP contribution is 2.29. The van der Waals surface area contributed by atoms with Crippen molar-refractivity contribution in [1.29, 1.82) is 0 Å². The maximum atomic E-state index is 12.7. The highest BCUT2D eigenvalue weighted by atomic mass is 16.6. The highest BCUT2D eigenvalue weighted by Gasteiger charge is 2.29. The summed E-state index contributed by atoms with van der Waals surface area (Å²) in [6.07, 6.45) is 1.28. The number of ether oxygens (including phenoxy) is 2. The second-order valence-electron chi connectivity index (χ2n) is 6.33. The zero-order valence-electron chi connectivity index (χ0n) is 15.7. The van der Waals surface area contributed by atoms with Gasteiger partial charge in [0, 0.05) is 12.6 Å². The van der Waals surface area contributed by atoms with Crippen LogP contribution >= 0.6 is 0 Å². The second-order valence-corrected chi connectivity index (χ2v) is 6.33. The molecule has 2 heterocycles. The summed E-state index contributed by atoms with van der Waals surface area (Å²) in [7, 11) is 1.60. The van der Waals surface area contributed by atoms with Crippen molar-refractivity contribution >= 4 is 17.3 Å². The number of hydrogen-bond donors (Lipinski definition) is 1. The number of hydrogen-bond acceptors (Lipinski definition) is 6. The molecule has 0 saturated heterocycles. The standard InChI is InChI=1S/C22H19N3O4/c1-27-16-9-11-17(12-10-16)28-22-18(8-5-13-23-22)24-21(26)20-14-19(25-29-20)15-6-3-2-4-7-15/h2-13,20H,14H2,1H3,(H,24,26). The molecule has 1 aliphatic rings. The summed E-state index contributed by atoms with van der Waals surface area (Å²) in [6, 6.07) is 20.2. The zero-order valence-corrected chi connectivity index (χ0v) is 15.7. The Labute approximate surface area is 167 Å². The van der Waals surface area contributed by atoms with Gasteiger partial charge in [0.15, 0.2) is 0 Å². The van der Waals surface area contributed by atoms with E-state index in [4.69, 9.17) is 14.3 Å². The Bertz CT molecular complexity index is 1020. The monoisotopic (exact) mass is 389 g/mol. The largest absolute Gasteiger partial charge is 0.497 e. The fourth-order valence-corrected chi connectivity index (χ4v) is 2.85. The van der Waals surface area contributed by atoms with E-state index in [-0.39, 0.29) is 11.8 Å². The van der Waals surface area contributed by atoms with Gasteiger partial charge in [-0.05, 0) is 42.0 Å². The van der Waals surface area contributed by atoms with Crippen LogP contribution in [0.1, 0.15) is 12.0 Å². The van der Waals surface area contributed by atoms with Crippen LogP contribution in [0, 0.1) is 0 Å². The number of anilines is 1. The van der Waals surface area contributed by atoms with Crippen LogP contribution in [0.15, 0.2) is 78.1 Å². The van der Waals surface area contributed by atoms with Gasteiger partial charge in [0.2, 0.25) is 12.0 Å². The van der Waals surface area contributed by atoms with E-state index in [9.17, 15) is 4.79 Å². The Morgan fingerprint density at radius 2 is 1.79 bits per heavy atom. The first-order valence-electron chi connectivity index (χ1n) is 9.09. The number of aromatic nitrogens is 1. The highest BCUT2D eigenvalue weighted by molar-refractivity contribution is 6.06. The van der Waals surface area contributed by atoms with Crippen molar-refractivity contribution < 1.29 is 19.1 Å². The molecular weight excluding hydrogens is 370 g/mol. The lowest BCUT2D eigenvalue weighted by Crippen LogP contribution is -2.28. The van der Waals surface area contributed by atoms with Crippen LogP contribution in [0.2, 0.25) is 0 Å². The first-order chi connectivity index (χ1) is 14.2. The number of oxime groups is 1.